The smallest absolute Gasteiger partial charge is 0.0801 e. The van der Waals surface area contributed by atoms with Crippen molar-refractivity contribution in [2.24, 2.45) is 0 Å². The number of benzene rings is 1. The van der Waals surface area contributed by atoms with Gasteiger partial charge in [-0.15, -0.1) is 5.10 Å². The standard InChI is InChI=1S/C12H15IN4/c1-3-17-11(8-15-16-17)12(14-2)9-5-4-6-10(13)7-9/h4-8,12,14H,3H2,1-2H3. The van der Waals surface area contributed by atoms with Crippen molar-refractivity contribution in [3.8, 4) is 0 Å². The molecule has 0 saturated heterocycles. The maximum Gasteiger partial charge on any atom is 0.0801 e. The Kier molecular flexibility index (Phi) is 4.11. The van der Waals surface area contributed by atoms with Crippen LogP contribution in [-0.2, 0) is 6.54 Å². The van der Waals surface area contributed by atoms with Crippen LogP contribution >= 0.6 is 22.6 Å². The molecule has 90 valence electrons. The van der Waals surface area contributed by atoms with Crippen molar-refractivity contribution in [2.45, 2.75) is 19.5 Å². The lowest BCUT2D eigenvalue weighted by atomic mass is 10.0. The van der Waals surface area contributed by atoms with E-state index < -0.39 is 0 Å². The first-order chi connectivity index (χ1) is 8.26. The summed E-state index contributed by atoms with van der Waals surface area (Å²) in [6.45, 7) is 2.90. The molecule has 2 rings (SSSR count). The van der Waals surface area contributed by atoms with Crippen molar-refractivity contribution in [1.29, 1.82) is 0 Å². The average Bonchev–Trinajstić information content (AvgIpc) is 2.78. The molecule has 1 atom stereocenters. The molecular formula is C12H15IN4. The molecule has 1 N–H and O–H groups in total. The van der Waals surface area contributed by atoms with E-state index in [0.717, 1.165) is 12.2 Å². The van der Waals surface area contributed by atoms with Gasteiger partial charge in [0.1, 0.15) is 0 Å². The lowest BCUT2D eigenvalue weighted by Crippen LogP contribution is -2.21. The highest BCUT2D eigenvalue weighted by molar-refractivity contribution is 14.1. The molecule has 1 aromatic heterocycles. The first-order valence-electron chi connectivity index (χ1n) is 5.57. The molecule has 0 aliphatic heterocycles. The molecule has 1 heterocycles. The van der Waals surface area contributed by atoms with E-state index in [4.69, 9.17) is 0 Å². The third-order valence-corrected chi connectivity index (χ3v) is 3.38. The molecule has 1 aromatic carbocycles. The topological polar surface area (TPSA) is 42.7 Å². The minimum Gasteiger partial charge on any atom is -0.308 e. The largest absolute Gasteiger partial charge is 0.308 e. The van der Waals surface area contributed by atoms with Gasteiger partial charge in [-0.05, 0) is 54.3 Å². The van der Waals surface area contributed by atoms with Crippen LogP contribution in [0.3, 0.4) is 0 Å². The monoisotopic (exact) mass is 342 g/mol. The summed E-state index contributed by atoms with van der Waals surface area (Å²) in [5.41, 5.74) is 2.33. The van der Waals surface area contributed by atoms with Crippen LogP contribution in [0.2, 0.25) is 0 Å². The van der Waals surface area contributed by atoms with Crippen LogP contribution < -0.4 is 5.32 Å². The van der Waals surface area contributed by atoms with Gasteiger partial charge in [-0.25, -0.2) is 4.68 Å². The third-order valence-electron chi connectivity index (χ3n) is 2.71. The number of halogens is 1. The summed E-state index contributed by atoms with van der Waals surface area (Å²) in [6, 6.07) is 8.60. The zero-order valence-electron chi connectivity index (χ0n) is 9.89. The molecule has 2 aromatic rings. The second-order valence-electron chi connectivity index (χ2n) is 3.75. The normalized spacial score (nSPS) is 12.6. The van der Waals surface area contributed by atoms with Gasteiger partial charge in [0.05, 0.1) is 17.9 Å². The lowest BCUT2D eigenvalue weighted by molar-refractivity contribution is 0.552. The fourth-order valence-electron chi connectivity index (χ4n) is 1.91. The molecule has 17 heavy (non-hydrogen) atoms. The molecule has 5 heteroatoms. The van der Waals surface area contributed by atoms with Gasteiger partial charge in [-0.3, -0.25) is 0 Å². The van der Waals surface area contributed by atoms with Crippen LogP contribution in [0.15, 0.2) is 30.5 Å². The quantitative estimate of drug-likeness (QED) is 0.867. The van der Waals surface area contributed by atoms with Crippen molar-refractivity contribution >= 4 is 22.6 Å². The Morgan fingerprint density at radius 3 is 2.94 bits per heavy atom. The maximum absolute atomic E-state index is 4.08. The Balaban J connectivity index is 2.40. The predicted octanol–water partition coefficient (Wildman–Crippen LogP) is 2.21. The fourth-order valence-corrected chi connectivity index (χ4v) is 2.47. The van der Waals surface area contributed by atoms with E-state index in [1.54, 1.807) is 0 Å². The van der Waals surface area contributed by atoms with Gasteiger partial charge in [0.2, 0.25) is 0 Å². The maximum atomic E-state index is 4.08. The first kappa shape index (κ1) is 12.5. The molecule has 0 fully saturated rings. The van der Waals surface area contributed by atoms with Crippen molar-refractivity contribution in [1.82, 2.24) is 20.3 Å². The van der Waals surface area contributed by atoms with Crippen LogP contribution in [0.1, 0.15) is 24.2 Å². The minimum atomic E-state index is 0.139. The van der Waals surface area contributed by atoms with Crippen molar-refractivity contribution in [3.05, 3.63) is 45.3 Å². The number of nitrogens with zero attached hydrogens (tertiary/aromatic N) is 3. The Hall–Kier alpha value is -0.950. The SMILES string of the molecule is CCn1nncc1C(NC)c1cccc(I)c1. The molecule has 0 amide bonds. The Labute approximate surface area is 115 Å². The summed E-state index contributed by atoms with van der Waals surface area (Å²) in [7, 11) is 1.96. The van der Waals surface area contributed by atoms with Crippen LogP contribution in [0, 0.1) is 3.57 Å². The van der Waals surface area contributed by atoms with Crippen LogP contribution in [0.25, 0.3) is 0 Å². The third kappa shape index (κ3) is 2.66. The van der Waals surface area contributed by atoms with E-state index in [-0.39, 0.29) is 6.04 Å². The Morgan fingerprint density at radius 1 is 1.47 bits per heavy atom. The molecule has 0 radical (unpaired) electrons. The molecule has 0 spiro atoms. The lowest BCUT2D eigenvalue weighted by Gasteiger charge is -2.17. The molecule has 0 saturated carbocycles. The summed E-state index contributed by atoms with van der Waals surface area (Å²) in [5, 5.41) is 11.4. The van der Waals surface area contributed by atoms with Gasteiger partial charge < -0.3 is 5.32 Å². The van der Waals surface area contributed by atoms with E-state index in [1.165, 1.54) is 9.13 Å². The highest BCUT2D eigenvalue weighted by Crippen LogP contribution is 2.22. The van der Waals surface area contributed by atoms with Gasteiger partial charge in [0, 0.05) is 10.1 Å². The highest BCUT2D eigenvalue weighted by atomic mass is 127. The van der Waals surface area contributed by atoms with Crippen LogP contribution in [0.5, 0.6) is 0 Å². The number of aromatic nitrogens is 3. The number of nitrogens with one attached hydrogen (secondary N) is 1. The summed E-state index contributed by atoms with van der Waals surface area (Å²) in [4.78, 5) is 0. The summed E-state index contributed by atoms with van der Waals surface area (Å²) < 4.78 is 3.15. The average molecular weight is 342 g/mol. The van der Waals surface area contributed by atoms with Crippen LogP contribution in [0.4, 0.5) is 0 Å². The van der Waals surface area contributed by atoms with Crippen molar-refractivity contribution < 1.29 is 0 Å². The summed E-state index contributed by atoms with van der Waals surface area (Å²) in [5.74, 6) is 0. The fraction of sp³-hybridized carbons (Fsp3) is 0.333. The Bertz CT molecular complexity index is 495. The van der Waals surface area contributed by atoms with E-state index in [0.29, 0.717) is 0 Å². The molecule has 0 aliphatic rings. The predicted molar refractivity (Wildman–Crippen MR) is 75.8 cm³/mol. The summed E-state index contributed by atoms with van der Waals surface area (Å²) >= 11 is 2.33. The van der Waals surface area contributed by atoms with Gasteiger partial charge in [0.25, 0.3) is 0 Å². The number of rotatable bonds is 4. The zero-order chi connectivity index (χ0) is 12.3. The van der Waals surface area contributed by atoms with Gasteiger partial charge in [-0.2, -0.15) is 0 Å². The second-order valence-corrected chi connectivity index (χ2v) is 5.00. The number of aryl methyl sites for hydroxylation is 1. The molecule has 0 bridgehead atoms. The molecular weight excluding hydrogens is 327 g/mol. The van der Waals surface area contributed by atoms with Gasteiger partial charge >= 0.3 is 0 Å². The molecule has 4 nitrogen and oxygen atoms in total. The van der Waals surface area contributed by atoms with Gasteiger partial charge in [-0.1, -0.05) is 17.3 Å². The van der Waals surface area contributed by atoms with E-state index in [2.05, 4.69) is 69.4 Å². The molecule has 0 aliphatic carbocycles. The highest BCUT2D eigenvalue weighted by Gasteiger charge is 2.16. The summed E-state index contributed by atoms with van der Waals surface area (Å²) in [6.07, 6.45) is 1.82. The minimum absolute atomic E-state index is 0.139. The number of hydrogen-bond acceptors (Lipinski definition) is 3. The van der Waals surface area contributed by atoms with Crippen LogP contribution in [-0.4, -0.2) is 22.0 Å². The second kappa shape index (κ2) is 5.59. The van der Waals surface area contributed by atoms with E-state index >= 15 is 0 Å². The first-order valence-corrected chi connectivity index (χ1v) is 6.65. The van der Waals surface area contributed by atoms with Crippen molar-refractivity contribution in [3.63, 3.8) is 0 Å². The van der Waals surface area contributed by atoms with Gasteiger partial charge in [0.15, 0.2) is 0 Å². The number of hydrogen-bond donors (Lipinski definition) is 1. The zero-order valence-corrected chi connectivity index (χ0v) is 12.0. The Morgan fingerprint density at radius 2 is 2.29 bits per heavy atom. The van der Waals surface area contributed by atoms with E-state index in [1.807, 2.05) is 17.9 Å². The van der Waals surface area contributed by atoms with E-state index in [9.17, 15) is 0 Å². The molecule has 1 unspecified atom stereocenters. The van der Waals surface area contributed by atoms with Crippen molar-refractivity contribution in [2.75, 3.05) is 7.05 Å².